The van der Waals surface area contributed by atoms with Crippen molar-refractivity contribution in [1.82, 2.24) is 4.98 Å². The fourth-order valence-electron chi connectivity index (χ4n) is 3.68. The molecule has 0 aliphatic rings. The Labute approximate surface area is 218 Å². The van der Waals surface area contributed by atoms with Crippen molar-refractivity contribution in [3.05, 3.63) is 88.9 Å². The Morgan fingerprint density at radius 3 is 2.31 bits per heavy atom. The molecule has 0 spiro atoms. The molecule has 0 saturated heterocycles. The molecule has 1 amide bonds. The minimum atomic E-state index is -0.960. The minimum absolute atomic E-state index is 0. The van der Waals surface area contributed by atoms with Gasteiger partial charge in [0.2, 0.25) is 0 Å². The molecule has 3 aromatic carbocycles. The molecule has 0 radical (unpaired) electrons. The van der Waals surface area contributed by atoms with Crippen molar-refractivity contribution in [3.8, 4) is 0 Å². The fraction of sp³-hybridized carbons (Fsp3) is 0.154. The molecule has 0 bridgehead atoms. The summed E-state index contributed by atoms with van der Waals surface area (Å²) in [5.41, 5.74) is 9.01. The molecule has 186 valence electrons. The number of amidine groups is 1. The Bertz CT molecular complexity index is 1380. The topological polar surface area (TPSA) is 124 Å². The van der Waals surface area contributed by atoms with Crippen LogP contribution in [0.2, 0.25) is 0 Å². The lowest BCUT2D eigenvalue weighted by molar-refractivity contribution is -0.136. The van der Waals surface area contributed by atoms with E-state index in [9.17, 15) is 9.59 Å². The number of para-hydroxylation sites is 1. The number of aliphatic carboxylic acids is 1. The van der Waals surface area contributed by atoms with Crippen molar-refractivity contribution in [2.75, 3.05) is 23.4 Å². The van der Waals surface area contributed by atoms with Crippen LogP contribution in [0.25, 0.3) is 10.2 Å². The number of nitrogens with one attached hydrogen (secondary N) is 1. The summed E-state index contributed by atoms with van der Waals surface area (Å²) in [7, 11) is 1.96. The van der Waals surface area contributed by atoms with E-state index >= 15 is 0 Å². The van der Waals surface area contributed by atoms with Crippen molar-refractivity contribution in [1.29, 1.82) is 5.41 Å². The molecular weight excluding hydrogens is 498 g/mol. The molecule has 4 rings (SSSR count). The van der Waals surface area contributed by atoms with Crippen molar-refractivity contribution < 1.29 is 14.7 Å². The first-order chi connectivity index (χ1) is 16.8. The van der Waals surface area contributed by atoms with Gasteiger partial charge in [-0.25, -0.2) is 4.98 Å². The fourth-order valence-corrected chi connectivity index (χ4v) is 4.69. The largest absolute Gasteiger partial charge is 0.481 e. The summed E-state index contributed by atoms with van der Waals surface area (Å²) < 4.78 is 0.966. The molecule has 36 heavy (non-hydrogen) atoms. The van der Waals surface area contributed by atoms with Crippen LogP contribution < -0.4 is 15.5 Å². The zero-order valence-electron chi connectivity index (χ0n) is 19.5. The summed E-state index contributed by atoms with van der Waals surface area (Å²) in [5.74, 6) is -1.19. The van der Waals surface area contributed by atoms with Crippen LogP contribution in [0.5, 0.6) is 0 Å². The van der Waals surface area contributed by atoms with Crippen LogP contribution in [0.1, 0.15) is 27.3 Å². The Hall–Kier alpha value is -3.95. The molecule has 0 saturated carbocycles. The van der Waals surface area contributed by atoms with Gasteiger partial charge in [0, 0.05) is 36.1 Å². The number of nitrogen functional groups attached to an aromatic ring is 1. The Kier molecular flexibility index (Phi) is 8.63. The molecule has 1 aromatic heterocycles. The van der Waals surface area contributed by atoms with Gasteiger partial charge in [0.15, 0.2) is 0 Å². The van der Waals surface area contributed by atoms with Crippen molar-refractivity contribution in [3.63, 3.8) is 0 Å². The molecule has 0 aliphatic heterocycles. The number of aromatic nitrogens is 1. The van der Waals surface area contributed by atoms with Gasteiger partial charge < -0.3 is 20.6 Å². The standard InChI is InChI=1S/C26H25N5O3S.ClH/c1-30(19-10-7-17(8-11-19)25(27)28)16-23-29-21-15-18(9-12-22(21)35-23)26(34)31(14-13-24(32)33)20-5-3-2-4-6-20;/h2-12,15H,13-14,16H2,1H3,(H3,27,28)(H,32,33);1H. The van der Waals surface area contributed by atoms with Crippen molar-refractivity contribution >= 4 is 63.0 Å². The number of carboxylic acid groups (broad SMARTS) is 1. The summed E-state index contributed by atoms with van der Waals surface area (Å²) in [6.45, 7) is 0.655. The van der Waals surface area contributed by atoms with E-state index in [1.807, 2.05) is 55.6 Å². The number of rotatable bonds is 9. The molecule has 4 aromatic rings. The molecule has 0 fully saturated rings. The average molecular weight is 524 g/mol. The van der Waals surface area contributed by atoms with Gasteiger partial charge in [0.1, 0.15) is 10.8 Å². The van der Waals surface area contributed by atoms with Crippen LogP contribution in [-0.4, -0.2) is 41.4 Å². The van der Waals surface area contributed by atoms with Crippen molar-refractivity contribution in [2.45, 2.75) is 13.0 Å². The van der Waals surface area contributed by atoms with Gasteiger partial charge >= 0.3 is 5.97 Å². The molecular formula is C26H26ClN5O3S. The second kappa shape index (κ2) is 11.7. The van der Waals surface area contributed by atoms with E-state index in [1.54, 1.807) is 35.6 Å². The molecule has 1 heterocycles. The first-order valence-corrected chi connectivity index (χ1v) is 11.8. The molecule has 4 N–H and O–H groups in total. The second-order valence-electron chi connectivity index (χ2n) is 8.04. The molecule has 8 nitrogen and oxygen atoms in total. The highest BCUT2D eigenvalue weighted by atomic mass is 35.5. The highest BCUT2D eigenvalue weighted by molar-refractivity contribution is 7.18. The predicted octanol–water partition coefficient (Wildman–Crippen LogP) is 4.76. The number of hydrogen-bond acceptors (Lipinski definition) is 6. The highest BCUT2D eigenvalue weighted by Gasteiger charge is 2.20. The maximum atomic E-state index is 13.3. The number of halogens is 1. The number of benzene rings is 3. The van der Waals surface area contributed by atoms with Crippen LogP contribution in [0, 0.1) is 5.41 Å². The first-order valence-electron chi connectivity index (χ1n) is 11.0. The summed E-state index contributed by atoms with van der Waals surface area (Å²) in [5, 5.41) is 17.6. The maximum Gasteiger partial charge on any atom is 0.305 e. The quantitative estimate of drug-likeness (QED) is 0.215. The van der Waals surface area contributed by atoms with Gasteiger partial charge in [-0.05, 0) is 54.6 Å². The molecule has 0 aliphatic carbocycles. The number of thiazole rings is 1. The maximum absolute atomic E-state index is 13.3. The van der Waals surface area contributed by atoms with Crippen LogP contribution in [-0.2, 0) is 11.3 Å². The summed E-state index contributed by atoms with van der Waals surface area (Å²) in [6.07, 6.45) is -0.149. The Morgan fingerprint density at radius 1 is 1.00 bits per heavy atom. The number of carbonyl (C=O) groups is 2. The van der Waals surface area contributed by atoms with Gasteiger partial charge in [0.25, 0.3) is 5.91 Å². The third-order valence-electron chi connectivity index (χ3n) is 5.53. The first kappa shape index (κ1) is 26.7. The SMILES string of the molecule is CN(Cc1nc2cc(C(=O)N(CCC(=O)O)c3ccccc3)ccc2s1)c1ccc(C(=N)N)cc1.Cl. The number of carbonyl (C=O) groups excluding carboxylic acids is 1. The van der Waals surface area contributed by atoms with Crippen LogP contribution in [0.15, 0.2) is 72.8 Å². The number of nitrogens with two attached hydrogens (primary N) is 1. The predicted molar refractivity (Wildman–Crippen MR) is 147 cm³/mol. The van der Waals surface area contributed by atoms with Gasteiger partial charge in [-0.3, -0.25) is 15.0 Å². The lowest BCUT2D eigenvalue weighted by Gasteiger charge is -2.22. The summed E-state index contributed by atoms with van der Waals surface area (Å²) in [4.78, 5) is 32.7. The van der Waals surface area contributed by atoms with Crippen LogP contribution >= 0.6 is 23.7 Å². The van der Waals surface area contributed by atoms with E-state index in [0.717, 1.165) is 20.9 Å². The number of carboxylic acids is 1. The Balaban J connectivity index is 0.00000361. The van der Waals surface area contributed by atoms with Gasteiger partial charge in [-0.1, -0.05) is 18.2 Å². The monoisotopic (exact) mass is 523 g/mol. The van der Waals surface area contributed by atoms with E-state index in [0.29, 0.717) is 23.4 Å². The minimum Gasteiger partial charge on any atom is -0.481 e. The highest BCUT2D eigenvalue weighted by Crippen LogP contribution is 2.27. The van der Waals surface area contributed by atoms with Crippen molar-refractivity contribution in [2.24, 2.45) is 5.73 Å². The number of amides is 1. The van der Waals surface area contributed by atoms with E-state index in [1.165, 1.54) is 4.90 Å². The number of fused-ring (bicyclic) bond motifs is 1. The zero-order valence-corrected chi connectivity index (χ0v) is 21.2. The summed E-state index contributed by atoms with van der Waals surface area (Å²) in [6, 6.07) is 21.9. The third-order valence-corrected chi connectivity index (χ3v) is 6.55. The average Bonchev–Trinajstić information content (AvgIpc) is 3.26. The molecule has 0 unspecified atom stereocenters. The number of hydrogen-bond donors (Lipinski definition) is 3. The zero-order chi connectivity index (χ0) is 24.9. The number of nitrogens with zero attached hydrogens (tertiary/aromatic N) is 3. The molecule has 10 heteroatoms. The lowest BCUT2D eigenvalue weighted by Crippen LogP contribution is -2.33. The van der Waals surface area contributed by atoms with Gasteiger partial charge in [-0.15, -0.1) is 23.7 Å². The smallest absolute Gasteiger partial charge is 0.305 e. The van der Waals surface area contributed by atoms with Crippen LogP contribution in [0.3, 0.4) is 0 Å². The van der Waals surface area contributed by atoms with E-state index in [-0.39, 0.29) is 37.1 Å². The second-order valence-corrected chi connectivity index (χ2v) is 9.16. The van der Waals surface area contributed by atoms with E-state index in [4.69, 9.17) is 21.2 Å². The summed E-state index contributed by atoms with van der Waals surface area (Å²) >= 11 is 1.56. The van der Waals surface area contributed by atoms with E-state index in [2.05, 4.69) is 4.90 Å². The third kappa shape index (κ3) is 6.18. The van der Waals surface area contributed by atoms with E-state index < -0.39 is 5.97 Å². The van der Waals surface area contributed by atoms with Crippen LogP contribution in [0.4, 0.5) is 11.4 Å². The Morgan fingerprint density at radius 2 is 1.67 bits per heavy atom. The lowest BCUT2D eigenvalue weighted by atomic mass is 10.1. The normalized spacial score (nSPS) is 10.5. The van der Waals surface area contributed by atoms with Gasteiger partial charge in [-0.2, -0.15) is 0 Å². The number of anilines is 2. The van der Waals surface area contributed by atoms with Gasteiger partial charge in [0.05, 0.1) is 23.2 Å². The molecule has 0 atom stereocenters.